The fraction of sp³-hybridized carbons (Fsp3) is 0.588. The quantitative estimate of drug-likeness (QED) is 0.340. The van der Waals surface area contributed by atoms with Gasteiger partial charge in [-0.2, -0.15) is 4.31 Å². The molecule has 1 aromatic carbocycles. The molecule has 0 unspecified atom stereocenters. The van der Waals surface area contributed by atoms with Crippen LogP contribution in [-0.4, -0.2) is 85.1 Å². The van der Waals surface area contributed by atoms with Crippen LogP contribution in [-0.2, 0) is 30.3 Å². The number of nitrogens with zero attached hydrogens (tertiary/aromatic N) is 4. The van der Waals surface area contributed by atoms with Gasteiger partial charge in [0.15, 0.2) is 0 Å². The highest BCUT2D eigenvalue weighted by molar-refractivity contribution is 7.89. The molecule has 3 heterocycles. The van der Waals surface area contributed by atoms with E-state index in [1.807, 2.05) is 0 Å². The zero-order valence-corrected chi connectivity index (χ0v) is 29.8. The lowest BCUT2D eigenvalue weighted by Gasteiger charge is -2.54. The number of piperazine rings is 1. The van der Waals surface area contributed by atoms with Crippen LogP contribution in [0.4, 0.5) is 25.1 Å². The second-order valence-corrected chi connectivity index (χ2v) is 17.2. The van der Waals surface area contributed by atoms with Gasteiger partial charge in [-0.25, -0.2) is 27.0 Å². The predicted octanol–water partition coefficient (Wildman–Crippen LogP) is 5.39. The minimum atomic E-state index is -3.92. The lowest BCUT2D eigenvalue weighted by molar-refractivity contribution is -0.200. The maximum atomic E-state index is 16.3. The van der Waals surface area contributed by atoms with Crippen molar-refractivity contribution in [2.45, 2.75) is 88.2 Å². The van der Waals surface area contributed by atoms with Crippen LogP contribution in [0.5, 0.6) is 0 Å². The summed E-state index contributed by atoms with van der Waals surface area (Å²) in [7, 11) is -3.92. The van der Waals surface area contributed by atoms with E-state index < -0.39 is 50.5 Å². The summed E-state index contributed by atoms with van der Waals surface area (Å²) < 4.78 is 66.2. The molecule has 50 heavy (non-hydrogen) atoms. The number of carboxylic acids is 1. The van der Waals surface area contributed by atoms with Gasteiger partial charge < -0.3 is 25.0 Å². The Morgan fingerprint density at radius 2 is 1.60 bits per heavy atom. The molecule has 272 valence electrons. The fourth-order valence-electron chi connectivity index (χ4n) is 7.74. The second-order valence-electron chi connectivity index (χ2n) is 14.9. The summed E-state index contributed by atoms with van der Waals surface area (Å²) in [6.07, 6.45) is 0.439. The molecule has 5 aliphatic rings. The van der Waals surface area contributed by atoms with Crippen LogP contribution in [0.25, 0.3) is 0 Å². The molecule has 16 heteroatoms. The number of pyridine rings is 1. The van der Waals surface area contributed by atoms with Gasteiger partial charge in [-0.15, -0.1) is 0 Å². The number of sulfonamides is 1. The molecule has 5 fully saturated rings. The Labute approximate surface area is 295 Å². The molecule has 0 radical (unpaired) electrons. The Kier molecular flexibility index (Phi) is 9.34. The normalized spacial score (nSPS) is 26.3. The number of hydrogen-bond acceptors (Lipinski definition) is 8. The molecule has 2 bridgehead atoms. The van der Waals surface area contributed by atoms with Crippen LogP contribution in [0.2, 0.25) is 5.15 Å². The fourth-order valence-corrected chi connectivity index (χ4v) is 9.37. The summed E-state index contributed by atoms with van der Waals surface area (Å²) in [5.41, 5.74) is -2.72. The highest BCUT2D eigenvalue weighted by Crippen LogP contribution is 2.65. The van der Waals surface area contributed by atoms with E-state index in [4.69, 9.17) is 16.3 Å². The van der Waals surface area contributed by atoms with Crippen molar-refractivity contribution in [3.8, 4) is 0 Å². The number of alkyl carbamates (subject to hydrolysis) is 1. The second kappa shape index (κ2) is 12.9. The number of aromatic nitrogens is 1. The number of alkyl halides is 2. The highest BCUT2D eigenvalue weighted by Gasteiger charge is 2.63. The van der Waals surface area contributed by atoms with E-state index >= 15 is 8.78 Å². The number of hydrogen-bond donors (Lipinski definition) is 2. The van der Waals surface area contributed by atoms with E-state index in [0.29, 0.717) is 5.69 Å². The third kappa shape index (κ3) is 6.75. The van der Waals surface area contributed by atoms with Gasteiger partial charge in [-0.1, -0.05) is 11.6 Å². The highest BCUT2D eigenvalue weighted by atomic mass is 35.5. The van der Waals surface area contributed by atoms with Crippen LogP contribution >= 0.6 is 11.6 Å². The molecular weight excluding hydrogens is 696 g/mol. The Balaban J connectivity index is 1.09. The van der Waals surface area contributed by atoms with E-state index in [-0.39, 0.29) is 105 Å². The average Bonchev–Trinajstić information content (AvgIpc) is 3.43. The van der Waals surface area contributed by atoms with Crippen molar-refractivity contribution in [2.24, 2.45) is 10.8 Å². The van der Waals surface area contributed by atoms with E-state index in [1.165, 1.54) is 33.5 Å². The van der Waals surface area contributed by atoms with E-state index in [1.54, 1.807) is 37.8 Å². The number of halogens is 3. The summed E-state index contributed by atoms with van der Waals surface area (Å²) in [5.74, 6) is -4.16. The topological polar surface area (TPSA) is 149 Å². The van der Waals surface area contributed by atoms with Gasteiger partial charge in [0.25, 0.3) is 5.92 Å². The molecule has 0 spiro atoms. The minimum Gasteiger partial charge on any atom is -0.481 e. The number of anilines is 2. The largest absolute Gasteiger partial charge is 0.481 e. The maximum Gasteiger partial charge on any atom is 0.407 e. The number of carbonyl (C=O) groups is 3. The smallest absolute Gasteiger partial charge is 0.407 e. The number of fused-ring (bicyclic) bond motifs is 3. The van der Waals surface area contributed by atoms with E-state index in [0.717, 1.165) is 0 Å². The summed E-state index contributed by atoms with van der Waals surface area (Å²) >= 11 is 6.28. The molecule has 2 aromatic rings. The van der Waals surface area contributed by atoms with Crippen molar-refractivity contribution < 1.29 is 41.4 Å². The number of rotatable bonds is 8. The summed E-state index contributed by atoms with van der Waals surface area (Å²) in [6.45, 7) is 5.98. The minimum absolute atomic E-state index is 0.0405. The van der Waals surface area contributed by atoms with Crippen molar-refractivity contribution in [3.63, 3.8) is 0 Å². The maximum absolute atomic E-state index is 16.3. The van der Waals surface area contributed by atoms with Gasteiger partial charge in [0, 0.05) is 55.8 Å². The molecule has 7 rings (SSSR count). The molecular formula is C34H42ClF2N5O7S. The first-order chi connectivity index (χ1) is 23.3. The summed E-state index contributed by atoms with van der Waals surface area (Å²) in [4.78, 5) is 44.3. The SMILES string of the molecule is CC(C)(C)OC(=O)N[C@@H]1CC(=O)N(c2ccc(S(=O)(=O)N3CCN(c4cc(C(F)(F)C56CCC(C(=O)O)(CC5)CC6)cc(Cl)n4)CC3)cc2)C1. The molecule has 2 aliphatic heterocycles. The van der Waals surface area contributed by atoms with Crippen molar-refractivity contribution in [1.82, 2.24) is 14.6 Å². The van der Waals surface area contributed by atoms with Gasteiger partial charge in [0.05, 0.1) is 16.4 Å². The zero-order chi connectivity index (χ0) is 36.3. The number of amides is 2. The lowest BCUT2D eigenvalue weighted by Crippen LogP contribution is -2.52. The monoisotopic (exact) mass is 737 g/mol. The molecule has 12 nitrogen and oxygen atoms in total. The van der Waals surface area contributed by atoms with Crippen molar-refractivity contribution in [2.75, 3.05) is 42.5 Å². The third-order valence-electron chi connectivity index (χ3n) is 10.7. The standard InChI is InChI=1S/C34H42ClF2N5O7S/c1-31(2,3)49-30(46)38-23-20-28(43)42(21-23)24-4-6-25(7-5-24)50(47,48)41-16-14-40(15-17-41)27-19-22(18-26(35)39-27)34(36,37)33-11-8-32(9-12-33,10-13-33)29(44)45/h4-7,18-19,23H,8-17,20-21H2,1-3H3,(H,38,46)(H,44,45)/t23-,32?,33?/m1/s1. The van der Waals surface area contributed by atoms with Gasteiger partial charge in [-0.3, -0.25) is 9.59 Å². The molecule has 2 saturated heterocycles. The van der Waals surface area contributed by atoms with Gasteiger partial charge in [0.1, 0.15) is 16.6 Å². The molecule has 1 aromatic heterocycles. The van der Waals surface area contributed by atoms with Crippen molar-refractivity contribution in [3.05, 3.63) is 47.1 Å². The number of nitrogens with one attached hydrogen (secondary N) is 1. The van der Waals surface area contributed by atoms with Crippen LogP contribution in [0, 0.1) is 10.8 Å². The lowest BCUT2D eigenvalue weighted by atomic mass is 9.51. The predicted molar refractivity (Wildman–Crippen MR) is 181 cm³/mol. The van der Waals surface area contributed by atoms with Gasteiger partial charge in [0.2, 0.25) is 15.9 Å². The van der Waals surface area contributed by atoms with Gasteiger partial charge in [-0.05, 0) is 95.7 Å². The molecule has 1 atom stereocenters. The Morgan fingerprint density at radius 3 is 2.16 bits per heavy atom. The van der Waals surface area contributed by atoms with Crippen LogP contribution in [0.3, 0.4) is 0 Å². The van der Waals surface area contributed by atoms with E-state index in [9.17, 15) is 27.9 Å². The average molecular weight is 738 g/mol. The zero-order valence-electron chi connectivity index (χ0n) is 28.3. The Bertz CT molecular complexity index is 1750. The Hall–Kier alpha value is -3.56. The first-order valence-corrected chi connectivity index (χ1v) is 18.6. The van der Waals surface area contributed by atoms with E-state index in [2.05, 4.69) is 10.3 Å². The summed E-state index contributed by atoms with van der Waals surface area (Å²) in [6, 6.07) is 8.00. The molecule has 3 aliphatic carbocycles. The van der Waals surface area contributed by atoms with Gasteiger partial charge >= 0.3 is 12.1 Å². The van der Waals surface area contributed by atoms with Crippen LogP contribution in [0.1, 0.15) is 71.3 Å². The molecule has 3 saturated carbocycles. The Morgan fingerprint density at radius 1 is 1.00 bits per heavy atom. The number of aliphatic carboxylic acids is 1. The first kappa shape index (κ1) is 36.2. The molecule has 2 amide bonds. The number of benzene rings is 1. The van der Waals surface area contributed by atoms with Crippen molar-refractivity contribution in [1.29, 1.82) is 0 Å². The van der Waals surface area contributed by atoms with Crippen LogP contribution < -0.4 is 15.1 Å². The molecule has 2 N–H and O–H groups in total. The third-order valence-corrected chi connectivity index (χ3v) is 12.8. The van der Waals surface area contributed by atoms with Crippen molar-refractivity contribution >= 4 is 51.1 Å². The van der Waals surface area contributed by atoms with Crippen LogP contribution in [0.15, 0.2) is 41.3 Å². The first-order valence-electron chi connectivity index (χ1n) is 16.8. The number of ether oxygens (including phenoxy) is 1. The number of carboxylic acid groups (broad SMARTS) is 1. The number of carbonyl (C=O) groups excluding carboxylic acids is 2. The summed E-state index contributed by atoms with van der Waals surface area (Å²) in [5, 5.41) is 12.3.